The van der Waals surface area contributed by atoms with Crippen molar-refractivity contribution in [1.29, 1.82) is 0 Å². The van der Waals surface area contributed by atoms with E-state index in [1.165, 1.54) is 18.4 Å². The number of ether oxygens (including phenoxy) is 4. The molecule has 0 aliphatic rings. The first-order valence-corrected chi connectivity index (χ1v) is 10.0. The Hall–Kier alpha value is -0.750. The number of allylic oxidation sites excluding steroid dienone is 1. The summed E-state index contributed by atoms with van der Waals surface area (Å²) in [6, 6.07) is 0. The summed E-state index contributed by atoms with van der Waals surface area (Å²) in [6.07, 6.45) is 6.82. The fourth-order valence-corrected chi connectivity index (χ4v) is 2.68. The van der Waals surface area contributed by atoms with E-state index in [0.29, 0.717) is 70.8 Å². The Morgan fingerprint density at radius 3 is 1.96 bits per heavy atom. The highest BCUT2D eigenvalue weighted by molar-refractivity contribution is 5.78. The first kappa shape index (κ1) is 25.2. The van der Waals surface area contributed by atoms with Gasteiger partial charge in [-0.15, -0.1) is 0 Å². The van der Waals surface area contributed by atoms with Gasteiger partial charge in [-0.1, -0.05) is 31.9 Å². The molecule has 0 bridgehead atoms. The summed E-state index contributed by atoms with van der Waals surface area (Å²) in [4.78, 5) is 11.8. The lowest BCUT2D eigenvalue weighted by atomic mass is 9.92. The van der Waals surface area contributed by atoms with Crippen LogP contribution in [0.4, 0.5) is 0 Å². The number of ketones is 1. The molecule has 26 heavy (non-hydrogen) atoms. The lowest BCUT2D eigenvalue weighted by Gasteiger charge is -2.14. The van der Waals surface area contributed by atoms with Crippen LogP contribution in [0.25, 0.3) is 0 Å². The van der Waals surface area contributed by atoms with Crippen molar-refractivity contribution in [3.05, 3.63) is 12.2 Å². The molecule has 0 aromatic rings. The molecule has 0 rings (SSSR count). The van der Waals surface area contributed by atoms with Gasteiger partial charge in [0.15, 0.2) is 0 Å². The summed E-state index contributed by atoms with van der Waals surface area (Å²) in [5.74, 6) is 0.933. The molecule has 0 aliphatic heterocycles. The summed E-state index contributed by atoms with van der Waals surface area (Å²) in [5.41, 5.74) is 1.28. The number of methoxy groups -OCH3 is 1. The van der Waals surface area contributed by atoms with Gasteiger partial charge in [0.25, 0.3) is 0 Å². The molecule has 0 fully saturated rings. The molecule has 5 heteroatoms. The van der Waals surface area contributed by atoms with Crippen molar-refractivity contribution < 1.29 is 23.7 Å². The average molecular weight is 373 g/mol. The molecule has 0 spiro atoms. The minimum Gasteiger partial charge on any atom is -0.382 e. The van der Waals surface area contributed by atoms with E-state index in [1.807, 2.05) is 0 Å². The van der Waals surface area contributed by atoms with Gasteiger partial charge in [0, 0.05) is 20.0 Å². The van der Waals surface area contributed by atoms with Crippen LogP contribution in [0.1, 0.15) is 58.8 Å². The van der Waals surface area contributed by atoms with E-state index in [1.54, 1.807) is 7.11 Å². The summed E-state index contributed by atoms with van der Waals surface area (Å²) in [5, 5.41) is 0. The number of carbonyl (C=O) groups is 1. The van der Waals surface area contributed by atoms with Gasteiger partial charge in [-0.2, -0.15) is 0 Å². The van der Waals surface area contributed by atoms with Crippen LogP contribution in [0.2, 0.25) is 0 Å². The van der Waals surface area contributed by atoms with Crippen molar-refractivity contribution in [1.82, 2.24) is 0 Å². The Labute approximate surface area is 160 Å². The maximum Gasteiger partial charge on any atom is 0.135 e. The maximum atomic E-state index is 11.8. The van der Waals surface area contributed by atoms with Crippen LogP contribution in [0.5, 0.6) is 0 Å². The number of hydrogen-bond acceptors (Lipinski definition) is 5. The summed E-state index contributed by atoms with van der Waals surface area (Å²) < 4.78 is 21.0. The van der Waals surface area contributed by atoms with Gasteiger partial charge in [-0.3, -0.25) is 4.79 Å². The molecule has 1 atom stereocenters. The van der Waals surface area contributed by atoms with E-state index in [-0.39, 0.29) is 0 Å². The molecule has 1 unspecified atom stereocenters. The van der Waals surface area contributed by atoms with E-state index in [4.69, 9.17) is 18.9 Å². The maximum absolute atomic E-state index is 11.8. The van der Waals surface area contributed by atoms with E-state index < -0.39 is 0 Å². The Morgan fingerprint density at radius 2 is 1.42 bits per heavy atom. The molecule has 5 nitrogen and oxygen atoms in total. The molecular weight excluding hydrogens is 332 g/mol. The van der Waals surface area contributed by atoms with Crippen LogP contribution in [0.15, 0.2) is 12.2 Å². The number of unbranched alkanes of at least 4 members (excludes halogenated alkanes) is 2. The van der Waals surface area contributed by atoms with Crippen molar-refractivity contribution in [2.24, 2.45) is 5.92 Å². The standard InChI is InChI=1S/C21H40O5/c1-5-20(19(2)3)9-7-6-8-10-21(22)11-12-24-15-16-26-18-17-25-14-13-23-4/h20H,2,5-18H2,1,3-4H3. The molecule has 0 heterocycles. The second-order valence-corrected chi connectivity index (χ2v) is 6.67. The summed E-state index contributed by atoms with van der Waals surface area (Å²) >= 11 is 0. The van der Waals surface area contributed by atoms with E-state index in [2.05, 4.69) is 20.4 Å². The molecule has 0 saturated heterocycles. The smallest absolute Gasteiger partial charge is 0.135 e. The lowest BCUT2D eigenvalue weighted by molar-refractivity contribution is -0.120. The average Bonchev–Trinajstić information content (AvgIpc) is 2.62. The zero-order chi connectivity index (χ0) is 19.5. The minimum atomic E-state index is 0.296. The first-order valence-electron chi connectivity index (χ1n) is 10.0. The first-order chi connectivity index (χ1) is 12.6. The quantitative estimate of drug-likeness (QED) is 0.237. The monoisotopic (exact) mass is 372 g/mol. The zero-order valence-electron chi connectivity index (χ0n) is 17.2. The molecular formula is C21H40O5. The number of rotatable bonds is 20. The number of Topliss-reactive ketones (excluding diaryl/α,β-unsaturated/α-hetero) is 1. The Balaban J connectivity index is 3.31. The van der Waals surface area contributed by atoms with Gasteiger partial charge in [0.2, 0.25) is 0 Å². The van der Waals surface area contributed by atoms with Crippen LogP contribution in [0, 0.1) is 5.92 Å². The third kappa shape index (κ3) is 16.7. The van der Waals surface area contributed by atoms with Crippen molar-refractivity contribution in [3.63, 3.8) is 0 Å². The van der Waals surface area contributed by atoms with Crippen LogP contribution in [-0.4, -0.2) is 59.1 Å². The lowest BCUT2D eigenvalue weighted by Crippen LogP contribution is -2.12. The summed E-state index contributed by atoms with van der Waals surface area (Å²) in [6.45, 7) is 12.2. The third-order valence-electron chi connectivity index (χ3n) is 4.40. The van der Waals surface area contributed by atoms with E-state index in [9.17, 15) is 4.79 Å². The van der Waals surface area contributed by atoms with Crippen molar-refractivity contribution >= 4 is 5.78 Å². The predicted molar refractivity (Wildman–Crippen MR) is 106 cm³/mol. The second-order valence-electron chi connectivity index (χ2n) is 6.67. The number of hydrogen-bond donors (Lipinski definition) is 0. The molecule has 154 valence electrons. The highest BCUT2D eigenvalue weighted by Gasteiger charge is 2.07. The normalized spacial score (nSPS) is 12.3. The molecule has 0 aromatic carbocycles. The fourth-order valence-electron chi connectivity index (χ4n) is 2.68. The third-order valence-corrected chi connectivity index (χ3v) is 4.40. The molecule has 0 N–H and O–H groups in total. The highest BCUT2D eigenvalue weighted by Crippen LogP contribution is 2.20. The minimum absolute atomic E-state index is 0.296. The fraction of sp³-hybridized carbons (Fsp3) is 0.857. The predicted octanol–water partition coefficient (Wildman–Crippen LogP) is 4.19. The Bertz CT molecular complexity index is 343. The Morgan fingerprint density at radius 1 is 0.846 bits per heavy atom. The van der Waals surface area contributed by atoms with Gasteiger partial charge in [-0.25, -0.2) is 0 Å². The van der Waals surface area contributed by atoms with E-state index >= 15 is 0 Å². The molecule has 0 radical (unpaired) electrons. The van der Waals surface area contributed by atoms with Gasteiger partial charge < -0.3 is 18.9 Å². The molecule has 0 saturated carbocycles. The molecule has 0 amide bonds. The molecule has 0 aliphatic carbocycles. The van der Waals surface area contributed by atoms with Gasteiger partial charge in [0.1, 0.15) is 5.78 Å². The van der Waals surface area contributed by atoms with Crippen LogP contribution >= 0.6 is 0 Å². The topological polar surface area (TPSA) is 54.0 Å². The second kappa shape index (κ2) is 19.0. The zero-order valence-corrected chi connectivity index (χ0v) is 17.2. The largest absolute Gasteiger partial charge is 0.382 e. The SMILES string of the molecule is C=C(C)C(CC)CCCCCC(=O)CCOCCOCCOCCOC. The van der Waals surface area contributed by atoms with Crippen molar-refractivity contribution in [2.75, 3.05) is 53.4 Å². The number of carbonyl (C=O) groups excluding carboxylic acids is 1. The van der Waals surface area contributed by atoms with Crippen LogP contribution < -0.4 is 0 Å². The van der Waals surface area contributed by atoms with Crippen molar-refractivity contribution in [3.8, 4) is 0 Å². The van der Waals surface area contributed by atoms with Crippen molar-refractivity contribution in [2.45, 2.75) is 58.8 Å². The summed E-state index contributed by atoms with van der Waals surface area (Å²) in [7, 11) is 1.65. The van der Waals surface area contributed by atoms with Gasteiger partial charge in [-0.05, 0) is 32.1 Å². The highest BCUT2D eigenvalue weighted by atomic mass is 16.6. The van der Waals surface area contributed by atoms with E-state index in [0.717, 1.165) is 19.3 Å². The molecule has 0 aromatic heterocycles. The van der Waals surface area contributed by atoms with Crippen LogP contribution in [-0.2, 0) is 23.7 Å². The van der Waals surface area contributed by atoms with Gasteiger partial charge >= 0.3 is 0 Å². The van der Waals surface area contributed by atoms with Gasteiger partial charge in [0.05, 0.1) is 46.2 Å². The van der Waals surface area contributed by atoms with Crippen LogP contribution in [0.3, 0.4) is 0 Å². The Kier molecular flexibility index (Phi) is 18.5.